The molecule has 0 aromatic carbocycles. The molecule has 0 amide bonds. The van der Waals surface area contributed by atoms with Crippen LogP contribution in [0.1, 0.15) is 58.8 Å². The summed E-state index contributed by atoms with van der Waals surface area (Å²) in [6.07, 6.45) is 9.87. The van der Waals surface area contributed by atoms with Crippen molar-refractivity contribution in [3.05, 3.63) is 0 Å². The summed E-state index contributed by atoms with van der Waals surface area (Å²) in [4.78, 5) is 0. The third-order valence-electron chi connectivity index (χ3n) is 4.48. The molecular weight excluding hydrogens is 198 g/mol. The number of rotatable bonds is 3. The van der Waals surface area contributed by atoms with Crippen LogP contribution in [0, 0.1) is 5.41 Å². The summed E-state index contributed by atoms with van der Waals surface area (Å²) in [5.41, 5.74) is 0.575. The maximum atomic E-state index is 5.32. The van der Waals surface area contributed by atoms with Crippen LogP contribution in [0.3, 0.4) is 0 Å². The normalized spacial score (nSPS) is 38.8. The molecule has 0 bridgehead atoms. The van der Waals surface area contributed by atoms with Crippen molar-refractivity contribution >= 4 is 0 Å². The smallest absolute Gasteiger partial charge is 0.0601 e. The largest absolute Gasteiger partial charge is 0.381 e. The Morgan fingerprint density at radius 2 is 1.81 bits per heavy atom. The third-order valence-corrected chi connectivity index (χ3v) is 4.48. The summed E-state index contributed by atoms with van der Waals surface area (Å²) >= 11 is 0. The molecular formula is C14H27NO. The molecule has 1 N–H and O–H groups in total. The Hall–Kier alpha value is -0.0800. The van der Waals surface area contributed by atoms with Crippen molar-refractivity contribution in [2.45, 2.75) is 77.0 Å². The Bertz CT molecular complexity index is 221. The van der Waals surface area contributed by atoms with E-state index in [1.54, 1.807) is 0 Å². The fourth-order valence-corrected chi connectivity index (χ4v) is 3.06. The van der Waals surface area contributed by atoms with Crippen molar-refractivity contribution in [2.24, 2.45) is 5.41 Å². The predicted molar refractivity (Wildman–Crippen MR) is 67.6 cm³/mol. The lowest BCUT2D eigenvalue weighted by molar-refractivity contribution is 0.0136. The first-order chi connectivity index (χ1) is 7.59. The van der Waals surface area contributed by atoms with Gasteiger partial charge in [0.25, 0.3) is 0 Å². The van der Waals surface area contributed by atoms with E-state index in [4.69, 9.17) is 4.74 Å². The van der Waals surface area contributed by atoms with Gasteiger partial charge in [0.15, 0.2) is 0 Å². The molecule has 2 aliphatic rings. The first-order valence-corrected chi connectivity index (χ1v) is 6.88. The van der Waals surface area contributed by atoms with Gasteiger partial charge in [-0.05, 0) is 43.9 Å². The second-order valence-corrected chi connectivity index (χ2v) is 6.48. The molecule has 94 valence electrons. The average Bonchev–Trinajstić information content (AvgIpc) is 2.33. The van der Waals surface area contributed by atoms with E-state index in [9.17, 15) is 0 Å². The van der Waals surface area contributed by atoms with Gasteiger partial charge in [0, 0.05) is 19.2 Å². The minimum absolute atomic E-state index is 0.528. The van der Waals surface area contributed by atoms with Gasteiger partial charge in [-0.15, -0.1) is 0 Å². The van der Waals surface area contributed by atoms with Crippen molar-refractivity contribution in [2.75, 3.05) is 7.11 Å². The highest BCUT2D eigenvalue weighted by Crippen LogP contribution is 2.34. The van der Waals surface area contributed by atoms with Crippen LogP contribution >= 0.6 is 0 Å². The summed E-state index contributed by atoms with van der Waals surface area (Å²) in [7, 11) is 1.83. The van der Waals surface area contributed by atoms with Gasteiger partial charge in [-0.3, -0.25) is 0 Å². The lowest BCUT2D eigenvalue weighted by Crippen LogP contribution is -2.49. The fraction of sp³-hybridized carbons (Fsp3) is 1.00. The Kier molecular flexibility index (Phi) is 3.91. The summed E-state index contributed by atoms with van der Waals surface area (Å²) in [6.45, 7) is 4.83. The van der Waals surface area contributed by atoms with Crippen LogP contribution in [0.5, 0.6) is 0 Å². The molecule has 0 spiro atoms. The predicted octanol–water partition coefficient (Wildman–Crippen LogP) is 3.11. The highest BCUT2D eigenvalue weighted by Gasteiger charge is 2.32. The van der Waals surface area contributed by atoms with Crippen molar-refractivity contribution < 1.29 is 4.74 Å². The zero-order valence-electron chi connectivity index (χ0n) is 11.1. The quantitative estimate of drug-likeness (QED) is 0.745. The lowest BCUT2D eigenvalue weighted by Gasteiger charge is -2.37. The molecule has 0 saturated heterocycles. The first kappa shape index (κ1) is 12.4. The Morgan fingerprint density at radius 1 is 1.06 bits per heavy atom. The van der Waals surface area contributed by atoms with Gasteiger partial charge in [-0.1, -0.05) is 20.3 Å². The molecule has 2 nitrogen and oxygen atoms in total. The van der Waals surface area contributed by atoms with E-state index >= 15 is 0 Å². The second kappa shape index (κ2) is 5.05. The van der Waals surface area contributed by atoms with E-state index in [1.807, 2.05) is 7.11 Å². The molecule has 0 heterocycles. The maximum Gasteiger partial charge on any atom is 0.0601 e. The van der Waals surface area contributed by atoms with Crippen LogP contribution in [0.4, 0.5) is 0 Å². The monoisotopic (exact) mass is 225 g/mol. The molecule has 2 aliphatic carbocycles. The number of ether oxygens (including phenoxy) is 1. The number of methoxy groups -OCH3 is 1. The molecule has 2 saturated carbocycles. The number of hydrogen-bond donors (Lipinski definition) is 1. The van der Waals surface area contributed by atoms with Crippen molar-refractivity contribution in [3.63, 3.8) is 0 Å². The van der Waals surface area contributed by atoms with E-state index in [1.165, 1.54) is 44.9 Å². The molecule has 0 aromatic rings. The van der Waals surface area contributed by atoms with E-state index in [-0.39, 0.29) is 0 Å². The van der Waals surface area contributed by atoms with Gasteiger partial charge in [0.05, 0.1) is 6.10 Å². The van der Waals surface area contributed by atoms with Gasteiger partial charge in [-0.2, -0.15) is 0 Å². The SMILES string of the molecule is COC1CC(NC2CCCC(C)(C)CC2)C1. The summed E-state index contributed by atoms with van der Waals surface area (Å²) in [6, 6.07) is 1.50. The Balaban J connectivity index is 1.71. The van der Waals surface area contributed by atoms with E-state index in [0.717, 1.165) is 12.1 Å². The van der Waals surface area contributed by atoms with Crippen LogP contribution < -0.4 is 5.32 Å². The minimum Gasteiger partial charge on any atom is -0.381 e. The Labute approximate surface area is 100 Å². The summed E-state index contributed by atoms with van der Waals surface area (Å²) in [5.74, 6) is 0. The fourth-order valence-electron chi connectivity index (χ4n) is 3.06. The van der Waals surface area contributed by atoms with Gasteiger partial charge in [0.1, 0.15) is 0 Å². The molecule has 2 heteroatoms. The minimum atomic E-state index is 0.528. The van der Waals surface area contributed by atoms with Crippen molar-refractivity contribution in [1.29, 1.82) is 0 Å². The zero-order chi connectivity index (χ0) is 11.6. The lowest BCUT2D eigenvalue weighted by atomic mass is 9.85. The van der Waals surface area contributed by atoms with Gasteiger partial charge in [-0.25, -0.2) is 0 Å². The standard InChI is InChI=1S/C14H27NO/c1-14(2)7-4-5-11(6-8-14)15-12-9-13(10-12)16-3/h11-13,15H,4-10H2,1-3H3. The third kappa shape index (κ3) is 3.21. The highest BCUT2D eigenvalue weighted by atomic mass is 16.5. The van der Waals surface area contributed by atoms with Crippen molar-refractivity contribution in [1.82, 2.24) is 5.32 Å². The highest BCUT2D eigenvalue weighted by molar-refractivity contribution is 4.89. The number of nitrogens with one attached hydrogen (secondary N) is 1. The van der Waals surface area contributed by atoms with Gasteiger partial charge < -0.3 is 10.1 Å². The van der Waals surface area contributed by atoms with E-state index < -0.39 is 0 Å². The second-order valence-electron chi connectivity index (χ2n) is 6.48. The van der Waals surface area contributed by atoms with Gasteiger partial charge >= 0.3 is 0 Å². The average molecular weight is 225 g/mol. The number of hydrogen-bond acceptors (Lipinski definition) is 2. The first-order valence-electron chi connectivity index (χ1n) is 6.88. The van der Waals surface area contributed by atoms with E-state index in [0.29, 0.717) is 11.5 Å². The van der Waals surface area contributed by atoms with Gasteiger partial charge in [0.2, 0.25) is 0 Å². The van der Waals surface area contributed by atoms with Crippen LogP contribution in [0.2, 0.25) is 0 Å². The maximum absolute atomic E-state index is 5.32. The molecule has 1 unspecified atom stereocenters. The van der Waals surface area contributed by atoms with Crippen LogP contribution in [-0.4, -0.2) is 25.3 Å². The molecule has 0 aliphatic heterocycles. The molecule has 0 radical (unpaired) electrons. The van der Waals surface area contributed by atoms with Crippen LogP contribution in [0.15, 0.2) is 0 Å². The Morgan fingerprint density at radius 3 is 2.50 bits per heavy atom. The molecule has 2 rings (SSSR count). The summed E-state index contributed by atoms with van der Waals surface area (Å²) in [5, 5.41) is 3.82. The zero-order valence-corrected chi connectivity index (χ0v) is 11.1. The topological polar surface area (TPSA) is 21.3 Å². The molecule has 1 atom stereocenters. The molecule has 2 fully saturated rings. The van der Waals surface area contributed by atoms with Crippen LogP contribution in [0.25, 0.3) is 0 Å². The summed E-state index contributed by atoms with van der Waals surface area (Å²) < 4.78 is 5.32. The molecule has 16 heavy (non-hydrogen) atoms. The van der Waals surface area contributed by atoms with Crippen LogP contribution in [-0.2, 0) is 4.74 Å². The van der Waals surface area contributed by atoms with E-state index in [2.05, 4.69) is 19.2 Å². The molecule has 0 aromatic heterocycles. The van der Waals surface area contributed by atoms with Crippen molar-refractivity contribution in [3.8, 4) is 0 Å².